The van der Waals surface area contributed by atoms with Gasteiger partial charge >= 0.3 is 5.97 Å². The number of carbonyl (C=O) groups is 1. The largest absolute Gasteiger partial charge is 0.475 e. The van der Waals surface area contributed by atoms with E-state index in [-0.39, 0.29) is 13.2 Å². The Labute approximate surface area is 110 Å². The van der Waals surface area contributed by atoms with Crippen LogP contribution in [0.3, 0.4) is 0 Å². The summed E-state index contributed by atoms with van der Waals surface area (Å²) < 4.78 is 35.4. The first-order chi connectivity index (χ1) is 8.97. The molecular weight excluding hydrogens is 274 g/mol. The predicted molar refractivity (Wildman–Crippen MR) is 66.5 cm³/mol. The molecule has 1 rings (SSSR count). The van der Waals surface area contributed by atoms with E-state index in [2.05, 4.69) is 11.3 Å². The van der Waals surface area contributed by atoms with Crippen molar-refractivity contribution in [2.75, 3.05) is 19.8 Å². The molecular formula is C11H15NO6S. The minimum Gasteiger partial charge on any atom is -0.475 e. The minimum atomic E-state index is -3.85. The molecule has 1 heterocycles. The summed E-state index contributed by atoms with van der Waals surface area (Å²) in [5, 5.41) is 8.19. The number of furan rings is 1. The maximum absolute atomic E-state index is 11.7. The number of nitrogens with one attached hydrogen (secondary N) is 1. The molecule has 0 aromatic carbocycles. The van der Waals surface area contributed by atoms with E-state index in [4.69, 9.17) is 14.3 Å². The lowest BCUT2D eigenvalue weighted by atomic mass is 10.5. The Bertz CT molecular complexity index is 533. The van der Waals surface area contributed by atoms with E-state index in [1.807, 2.05) is 0 Å². The number of carboxylic acids is 1. The molecule has 0 fully saturated rings. The fraction of sp³-hybridized carbons (Fsp3) is 0.364. The Balaban J connectivity index is 2.46. The first-order valence-electron chi connectivity index (χ1n) is 5.49. The number of aromatic carboxylic acids is 1. The summed E-state index contributed by atoms with van der Waals surface area (Å²) in [4.78, 5) is 10.6. The van der Waals surface area contributed by atoms with E-state index >= 15 is 0 Å². The van der Waals surface area contributed by atoms with Gasteiger partial charge in [0.25, 0.3) is 10.0 Å². The quantitative estimate of drug-likeness (QED) is 0.515. The van der Waals surface area contributed by atoms with Gasteiger partial charge in [0.05, 0.1) is 13.2 Å². The summed E-state index contributed by atoms with van der Waals surface area (Å²) >= 11 is 0. The van der Waals surface area contributed by atoms with Crippen molar-refractivity contribution in [3.05, 3.63) is 30.5 Å². The van der Waals surface area contributed by atoms with Gasteiger partial charge < -0.3 is 14.3 Å². The molecule has 8 heteroatoms. The van der Waals surface area contributed by atoms with E-state index in [0.717, 1.165) is 12.1 Å². The monoisotopic (exact) mass is 289 g/mol. The number of carboxylic acid groups (broad SMARTS) is 1. The normalized spacial score (nSPS) is 11.4. The van der Waals surface area contributed by atoms with Gasteiger partial charge in [0.1, 0.15) is 0 Å². The Kier molecular flexibility index (Phi) is 5.74. The van der Waals surface area contributed by atoms with E-state index in [0.29, 0.717) is 13.0 Å². The molecule has 0 amide bonds. The summed E-state index contributed by atoms with van der Waals surface area (Å²) in [6.45, 7) is 4.27. The average Bonchev–Trinajstić information content (AvgIpc) is 2.84. The van der Waals surface area contributed by atoms with Gasteiger partial charge in [0.2, 0.25) is 10.9 Å². The molecule has 0 aliphatic heterocycles. The number of ether oxygens (including phenoxy) is 1. The number of hydrogen-bond donors (Lipinski definition) is 2. The zero-order chi connectivity index (χ0) is 14.3. The summed E-state index contributed by atoms with van der Waals surface area (Å²) in [5.41, 5.74) is 0. The molecule has 2 N–H and O–H groups in total. The van der Waals surface area contributed by atoms with Gasteiger partial charge in [-0.05, 0) is 18.6 Å². The van der Waals surface area contributed by atoms with Crippen molar-refractivity contribution in [3.8, 4) is 0 Å². The topological polar surface area (TPSA) is 106 Å². The molecule has 0 saturated heterocycles. The Morgan fingerprint density at radius 1 is 1.47 bits per heavy atom. The van der Waals surface area contributed by atoms with Crippen LogP contribution in [0.1, 0.15) is 17.0 Å². The number of hydrogen-bond acceptors (Lipinski definition) is 5. The fourth-order valence-corrected chi connectivity index (χ4v) is 2.11. The standard InChI is InChI=1S/C11H15NO6S/c1-2-3-7-17-8-6-12-19(15,16)10-5-4-9(18-10)11(13)14/h2,4-5,12H,1,3,6-8H2,(H,13,14). The number of sulfonamides is 1. The van der Waals surface area contributed by atoms with E-state index < -0.39 is 26.8 Å². The Hall–Kier alpha value is -1.64. The summed E-state index contributed by atoms with van der Waals surface area (Å²) in [6, 6.07) is 2.17. The molecule has 0 unspecified atom stereocenters. The minimum absolute atomic E-state index is 0.0720. The second kappa shape index (κ2) is 7.07. The SMILES string of the molecule is C=CCCOCCNS(=O)(=O)c1ccc(C(=O)O)o1. The van der Waals surface area contributed by atoms with Gasteiger partial charge in [-0.15, -0.1) is 6.58 Å². The van der Waals surface area contributed by atoms with Crippen LogP contribution in [0.25, 0.3) is 0 Å². The van der Waals surface area contributed by atoms with Crippen LogP contribution in [-0.2, 0) is 14.8 Å². The molecule has 0 atom stereocenters. The smallest absolute Gasteiger partial charge is 0.371 e. The fourth-order valence-electron chi connectivity index (χ4n) is 1.17. The van der Waals surface area contributed by atoms with E-state index in [9.17, 15) is 13.2 Å². The Morgan fingerprint density at radius 2 is 2.21 bits per heavy atom. The van der Waals surface area contributed by atoms with Crippen molar-refractivity contribution in [3.63, 3.8) is 0 Å². The van der Waals surface area contributed by atoms with E-state index in [1.165, 1.54) is 0 Å². The second-order valence-corrected chi connectivity index (χ2v) is 5.21. The van der Waals surface area contributed by atoms with Crippen LogP contribution >= 0.6 is 0 Å². The van der Waals surface area contributed by atoms with Gasteiger partial charge in [-0.3, -0.25) is 0 Å². The molecule has 106 valence electrons. The van der Waals surface area contributed by atoms with Gasteiger partial charge in [0, 0.05) is 6.54 Å². The molecule has 19 heavy (non-hydrogen) atoms. The maximum atomic E-state index is 11.7. The van der Waals surface area contributed by atoms with Crippen molar-refractivity contribution in [1.29, 1.82) is 0 Å². The van der Waals surface area contributed by atoms with Gasteiger partial charge in [-0.1, -0.05) is 6.08 Å². The van der Waals surface area contributed by atoms with Gasteiger partial charge in [-0.2, -0.15) is 0 Å². The lowest BCUT2D eigenvalue weighted by molar-refractivity contribution is 0.0656. The molecule has 1 aromatic rings. The van der Waals surface area contributed by atoms with E-state index in [1.54, 1.807) is 6.08 Å². The highest BCUT2D eigenvalue weighted by Gasteiger charge is 2.20. The summed E-state index contributed by atoms with van der Waals surface area (Å²) in [5.74, 6) is -1.75. The third-order valence-corrected chi connectivity index (χ3v) is 3.40. The van der Waals surface area contributed by atoms with Crippen LogP contribution in [0, 0.1) is 0 Å². The highest BCUT2D eigenvalue weighted by Crippen LogP contribution is 2.13. The molecule has 0 radical (unpaired) electrons. The number of rotatable bonds is 9. The third-order valence-electron chi connectivity index (χ3n) is 2.06. The lowest BCUT2D eigenvalue weighted by Crippen LogP contribution is -2.27. The van der Waals surface area contributed by atoms with Crippen LogP contribution in [-0.4, -0.2) is 39.3 Å². The molecule has 0 saturated carbocycles. The van der Waals surface area contributed by atoms with Crippen LogP contribution in [0.4, 0.5) is 0 Å². The van der Waals surface area contributed by atoms with Crippen molar-refractivity contribution < 1.29 is 27.5 Å². The summed E-state index contributed by atoms with van der Waals surface area (Å²) in [7, 11) is -3.85. The maximum Gasteiger partial charge on any atom is 0.371 e. The van der Waals surface area contributed by atoms with Crippen molar-refractivity contribution in [1.82, 2.24) is 4.72 Å². The first-order valence-corrected chi connectivity index (χ1v) is 6.97. The highest BCUT2D eigenvalue weighted by molar-refractivity contribution is 7.89. The van der Waals surface area contributed by atoms with Crippen molar-refractivity contribution >= 4 is 16.0 Å². The molecule has 7 nitrogen and oxygen atoms in total. The second-order valence-electron chi connectivity index (χ2n) is 3.51. The average molecular weight is 289 g/mol. The van der Waals surface area contributed by atoms with Crippen LogP contribution < -0.4 is 4.72 Å². The molecule has 0 spiro atoms. The lowest BCUT2D eigenvalue weighted by Gasteiger charge is -2.04. The highest BCUT2D eigenvalue weighted by atomic mass is 32.2. The third kappa shape index (κ3) is 4.86. The zero-order valence-corrected chi connectivity index (χ0v) is 11.0. The summed E-state index contributed by atoms with van der Waals surface area (Å²) in [6.07, 6.45) is 2.38. The zero-order valence-electron chi connectivity index (χ0n) is 10.2. The van der Waals surface area contributed by atoms with Crippen LogP contribution in [0.5, 0.6) is 0 Å². The predicted octanol–water partition coefficient (Wildman–Crippen LogP) is 0.849. The van der Waals surface area contributed by atoms with Crippen molar-refractivity contribution in [2.24, 2.45) is 0 Å². The van der Waals surface area contributed by atoms with Crippen molar-refractivity contribution in [2.45, 2.75) is 11.5 Å². The van der Waals surface area contributed by atoms with Gasteiger partial charge in [0.15, 0.2) is 0 Å². The molecule has 1 aromatic heterocycles. The molecule has 0 aliphatic rings. The molecule has 0 bridgehead atoms. The Morgan fingerprint density at radius 3 is 2.79 bits per heavy atom. The van der Waals surface area contributed by atoms with Crippen LogP contribution in [0.2, 0.25) is 0 Å². The molecule has 0 aliphatic carbocycles. The van der Waals surface area contributed by atoms with Crippen LogP contribution in [0.15, 0.2) is 34.3 Å². The first kappa shape index (κ1) is 15.4. The van der Waals surface area contributed by atoms with Gasteiger partial charge in [-0.25, -0.2) is 17.9 Å².